The molecular formula is C19H19F4NO3. The zero-order chi connectivity index (χ0) is 20.4. The first-order valence-electron chi connectivity index (χ1n) is 8.38. The Hall–Kier alpha value is -2.56. The summed E-state index contributed by atoms with van der Waals surface area (Å²) in [5.74, 6) is -8.09. The molecule has 0 heterocycles. The number of hydrogen-bond donors (Lipinski definition) is 0. The largest absolute Gasteiger partial charge is 0.484 e. The summed E-state index contributed by atoms with van der Waals surface area (Å²) in [5.41, 5.74) is -1.55. The van der Waals surface area contributed by atoms with Gasteiger partial charge in [0.2, 0.25) is 0 Å². The Kier molecular flexibility index (Phi) is 6.14. The van der Waals surface area contributed by atoms with E-state index in [2.05, 4.69) is 0 Å². The quantitative estimate of drug-likeness (QED) is 0.230. The Morgan fingerprint density at radius 1 is 1.22 bits per heavy atom. The van der Waals surface area contributed by atoms with Crippen LogP contribution in [0.15, 0.2) is 17.9 Å². The molecule has 146 valence electrons. The van der Waals surface area contributed by atoms with E-state index < -0.39 is 52.7 Å². The third-order valence-electron chi connectivity index (χ3n) is 4.63. The van der Waals surface area contributed by atoms with Crippen LogP contribution in [0.25, 0.3) is 0 Å². The lowest BCUT2D eigenvalue weighted by atomic mass is 10.1. The molecule has 1 aliphatic carbocycles. The van der Waals surface area contributed by atoms with Crippen molar-refractivity contribution in [2.45, 2.75) is 33.8 Å². The Balaban J connectivity index is 2.09. The first-order chi connectivity index (χ1) is 12.6. The molecule has 0 unspecified atom stereocenters. The summed E-state index contributed by atoms with van der Waals surface area (Å²) >= 11 is 0. The van der Waals surface area contributed by atoms with Crippen molar-refractivity contribution in [2.75, 3.05) is 6.61 Å². The van der Waals surface area contributed by atoms with E-state index in [1.165, 1.54) is 6.08 Å². The van der Waals surface area contributed by atoms with E-state index in [1.54, 1.807) is 13.8 Å². The number of hydrogen-bond acceptors (Lipinski definition) is 4. The summed E-state index contributed by atoms with van der Waals surface area (Å²) in [6, 6.07) is 1.98. The summed E-state index contributed by atoms with van der Waals surface area (Å²) in [6.45, 7) is 4.82. The number of ether oxygens (including phenoxy) is 2. The number of benzene rings is 1. The SMILES string of the molecule is CCCO/C(C#N)=C/[C@@H]1[C@@H](C(=O)OCc2c(F)c(F)cc(F)c2F)C1(C)C. The molecule has 0 aliphatic heterocycles. The van der Waals surface area contributed by atoms with E-state index in [9.17, 15) is 22.4 Å². The van der Waals surface area contributed by atoms with Crippen molar-refractivity contribution in [2.24, 2.45) is 17.3 Å². The Morgan fingerprint density at radius 3 is 2.33 bits per heavy atom. The summed E-state index contributed by atoms with van der Waals surface area (Å²) < 4.78 is 63.8. The van der Waals surface area contributed by atoms with Gasteiger partial charge in [0.1, 0.15) is 12.7 Å². The van der Waals surface area contributed by atoms with Gasteiger partial charge >= 0.3 is 5.97 Å². The molecule has 1 aromatic rings. The Bertz CT molecular complexity index is 788. The standard InChI is InChI=1S/C19H19F4NO3/c1-4-5-26-10(8-24)6-12-15(19(12,2)3)18(25)27-9-11-16(22)13(20)7-14(21)17(11)23/h6-7,12,15H,4-5,9H2,1-3H3/b10-6+/t12-,15+/m1/s1. The predicted molar refractivity (Wildman–Crippen MR) is 86.8 cm³/mol. The Labute approximate surface area is 154 Å². The second-order valence-corrected chi connectivity index (χ2v) is 6.87. The minimum Gasteiger partial charge on any atom is -0.484 e. The molecule has 4 nitrogen and oxygen atoms in total. The van der Waals surface area contributed by atoms with Crippen LogP contribution in [0.4, 0.5) is 17.6 Å². The molecule has 0 amide bonds. The Morgan fingerprint density at radius 2 is 1.81 bits per heavy atom. The fourth-order valence-electron chi connectivity index (χ4n) is 2.91. The molecule has 0 N–H and O–H groups in total. The maximum Gasteiger partial charge on any atom is 0.310 e. The van der Waals surface area contributed by atoms with E-state index in [1.807, 2.05) is 13.0 Å². The smallest absolute Gasteiger partial charge is 0.310 e. The lowest BCUT2D eigenvalue weighted by molar-refractivity contribution is -0.147. The number of halogens is 4. The van der Waals surface area contributed by atoms with Gasteiger partial charge in [0.15, 0.2) is 29.0 Å². The molecule has 2 rings (SSSR count). The maximum absolute atomic E-state index is 13.6. The molecule has 1 saturated carbocycles. The van der Waals surface area contributed by atoms with Crippen molar-refractivity contribution in [1.82, 2.24) is 0 Å². The van der Waals surface area contributed by atoms with Crippen molar-refractivity contribution in [1.29, 1.82) is 5.26 Å². The normalized spacial score (nSPS) is 20.7. The highest BCUT2D eigenvalue weighted by Gasteiger charge is 2.62. The lowest BCUT2D eigenvalue weighted by Gasteiger charge is -2.09. The van der Waals surface area contributed by atoms with Gasteiger partial charge in [0.25, 0.3) is 0 Å². The van der Waals surface area contributed by atoms with Gasteiger partial charge in [0.05, 0.1) is 18.1 Å². The van der Waals surface area contributed by atoms with E-state index in [0.717, 1.165) is 0 Å². The predicted octanol–water partition coefficient (Wildman–Crippen LogP) is 4.39. The number of nitriles is 1. The summed E-state index contributed by atoms with van der Waals surface area (Å²) in [4.78, 5) is 12.3. The molecular weight excluding hydrogens is 366 g/mol. The molecule has 0 radical (unpaired) electrons. The fourth-order valence-corrected chi connectivity index (χ4v) is 2.91. The first kappa shape index (κ1) is 20.7. The van der Waals surface area contributed by atoms with Crippen molar-refractivity contribution in [3.8, 4) is 6.07 Å². The zero-order valence-corrected chi connectivity index (χ0v) is 15.1. The average molecular weight is 385 g/mol. The number of allylic oxidation sites excluding steroid dienone is 2. The summed E-state index contributed by atoms with van der Waals surface area (Å²) in [7, 11) is 0. The van der Waals surface area contributed by atoms with Crippen molar-refractivity contribution < 1.29 is 31.8 Å². The number of carbonyl (C=O) groups is 1. The van der Waals surface area contributed by atoms with Gasteiger partial charge < -0.3 is 9.47 Å². The van der Waals surface area contributed by atoms with Crippen LogP contribution >= 0.6 is 0 Å². The molecule has 2 atom stereocenters. The van der Waals surface area contributed by atoms with Gasteiger partial charge in [-0.15, -0.1) is 0 Å². The third kappa shape index (κ3) is 4.24. The second kappa shape index (κ2) is 7.99. The molecule has 27 heavy (non-hydrogen) atoms. The fraction of sp³-hybridized carbons (Fsp3) is 0.474. The van der Waals surface area contributed by atoms with E-state index >= 15 is 0 Å². The van der Waals surface area contributed by atoms with E-state index in [-0.39, 0.29) is 17.7 Å². The van der Waals surface area contributed by atoms with Crippen molar-refractivity contribution in [3.63, 3.8) is 0 Å². The second-order valence-electron chi connectivity index (χ2n) is 6.87. The molecule has 0 bridgehead atoms. The van der Waals surface area contributed by atoms with Gasteiger partial charge in [-0.2, -0.15) is 5.26 Å². The summed E-state index contributed by atoms with van der Waals surface area (Å²) in [6.07, 6.45) is 2.23. The molecule has 1 aliphatic rings. The van der Waals surface area contributed by atoms with Gasteiger partial charge in [0, 0.05) is 12.0 Å². The maximum atomic E-state index is 13.6. The highest BCUT2D eigenvalue weighted by molar-refractivity contribution is 5.78. The summed E-state index contributed by atoms with van der Waals surface area (Å²) in [5, 5.41) is 9.08. The van der Waals surface area contributed by atoms with Gasteiger partial charge in [-0.1, -0.05) is 20.8 Å². The zero-order valence-electron chi connectivity index (χ0n) is 15.1. The average Bonchev–Trinajstić information content (AvgIpc) is 3.16. The molecule has 0 spiro atoms. The number of nitrogens with zero attached hydrogens (tertiary/aromatic N) is 1. The molecule has 0 saturated heterocycles. The van der Waals surface area contributed by atoms with E-state index in [4.69, 9.17) is 14.7 Å². The van der Waals surface area contributed by atoms with Crippen LogP contribution in [0.5, 0.6) is 0 Å². The lowest BCUT2D eigenvalue weighted by Crippen LogP contribution is -2.13. The first-order valence-corrected chi connectivity index (χ1v) is 8.38. The number of esters is 1. The van der Waals surface area contributed by atoms with Crippen molar-refractivity contribution >= 4 is 5.97 Å². The molecule has 0 aromatic heterocycles. The van der Waals surface area contributed by atoms with Crippen LogP contribution in [-0.2, 0) is 20.9 Å². The van der Waals surface area contributed by atoms with Crippen LogP contribution in [0.2, 0.25) is 0 Å². The third-order valence-corrected chi connectivity index (χ3v) is 4.63. The number of rotatable bonds is 7. The molecule has 1 fully saturated rings. The number of carbonyl (C=O) groups excluding carboxylic acids is 1. The minimum absolute atomic E-state index is 0.0783. The van der Waals surface area contributed by atoms with Crippen LogP contribution in [-0.4, -0.2) is 12.6 Å². The van der Waals surface area contributed by atoms with Gasteiger partial charge in [-0.25, -0.2) is 17.6 Å². The van der Waals surface area contributed by atoms with Crippen LogP contribution < -0.4 is 0 Å². The van der Waals surface area contributed by atoms with Crippen LogP contribution in [0, 0.1) is 51.9 Å². The highest BCUT2D eigenvalue weighted by Crippen LogP contribution is 2.60. The minimum atomic E-state index is -1.60. The van der Waals surface area contributed by atoms with Crippen molar-refractivity contribution in [3.05, 3.63) is 46.7 Å². The highest BCUT2D eigenvalue weighted by atomic mass is 19.2. The van der Waals surface area contributed by atoms with Gasteiger partial charge in [-0.05, 0) is 17.9 Å². The van der Waals surface area contributed by atoms with Crippen LogP contribution in [0.1, 0.15) is 32.8 Å². The molecule has 1 aromatic carbocycles. The topological polar surface area (TPSA) is 59.3 Å². The monoisotopic (exact) mass is 385 g/mol. The van der Waals surface area contributed by atoms with E-state index in [0.29, 0.717) is 13.0 Å². The van der Waals surface area contributed by atoms with Gasteiger partial charge in [-0.3, -0.25) is 4.79 Å². The van der Waals surface area contributed by atoms with Crippen LogP contribution in [0.3, 0.4) is 0 Å². The molecule has 8 heteroatoms.